The highest BCUT2D eigenvalue weighted by Crippen LogP contribution is 2.17. The second kappa shape index (κ2) is 7.04. The van der Waals surface area contributed by atoms with Gasteiger partial charge in [0.15, 0.2) is 0 Å². The molecule has 0 bridgehead atoms. The van der Waals surface area contributed by atoms with E-state index in [-0.39, 0.29) is 5.91 Å². The van der Waals surface area contributed by atoms with Crippen molar-refractivity contribution >= 4 is 11.6 Å². The highest BCUT2D eigenvalue weighted by atomic mass is 16.1. The van der Waals surface area contributed by atoms with Crippen LogP contribution in [0.3, 0.4) is 0 Å². The highest BCUT2D eigenvalue weighted by molar-refractivity contribution is 5.91. The second-order valence-corrected chi connectivity index (χ2v) is 5.33. The van der Waals surface area contributed by atoms with Crippen molar-refractivity contribution in [1.29, 1.82) is 0 Å². The van der Waals surface area contributed by atoms with Crippen LogP contribution in [0.5, 0.6) is 0 Å². The molecule has 0 aliphatic carbocycles. The van der Waals surface area contributed by atoms with E-state index in [4.69, 9.17) is 5.73 Å². The van der Waals surface area contributed by atoms with E-state index in [9.17, 15) is 4.79 Å². The van der Waals surface area contributed by atoms with Gasteiger partial charge in [-0.3, -0.25) is 4.79 Å². The molecule has 3 nitrogen and oxygen atoms in total. The predicted octanol–water partition coefficient (Wildman–Crippen LogP) is 3.33. The number of benzene rings is 2. The van der Waals surface area contributed by atoms with Crippen LogP contribution >= 0.6 is 0 Å². The molecule has 1 amide bonds. The molecule has 2 aromatic carbocycles. The highest BCUT2D eigenvalue weighted by Gasteiger charge is 2.07. The van der Waals surface area contributed by atoms with Gasteiger partial charge in [0, 0.05) is 18.7 Å². The van der Waals surface area contributed by atoms with E-state index in [1.165, 1.54) is 11.1 Å². The molecule has 110 valence electrons. The maximum Gasteiger partial charge on any atom is 0.224 e. The molecule has 0 saturated heterocycles. The van der Waals surface area contributed by atoms with Gasteiger partial charge in [0.2, 0.25) is 5.91 Å². The van der Waals surface area contributed by atoms with Crippen molar-refractivity contribution < 1.29 is 4.79 Å². The molecule has 0 spiro atoms. The lowest BCUT2D eigenvalue weighted by molar-refractivity contribution is -0.116. The average Bonchev–Trinajstić information content (AvgIpc) is 2.48. The maximum atomic E-state index is 12.1. The normalized spacial score (nSPS) is 10.4. The van der Waals surface area contributed by atoms with Crippen LogP contribution in [-0.4, -0.2) is 5.91 Å². The van der Waals surface area contributed by atoms with E-state index in [0.29, 0.717) is 13.0 Å². The number of carbonyl (C=O) groups is 1. The molecule has 0 aromatic heterocycles. The van der Waals surface area contributed by atoms with Crippen LogP contribution in [0.2, 0.25) is 0 Å². The lowest BCUT2D eigenvalue weighted by atomic mass is 10.0. The smallest absolute Gasteiger partial charge is 0.224 e. The Labute approximate surface area is 126 Å². The summed E-state index contributed by atoms with van der Waals surface area (Å²) in [7, 11) is 0. The Morgan fingerprint density at radius 2 is 1.86 bits per heavy atom. The zero-order chi connectivity index (χ0) is 15.2. The van der Waals surface area contributed by atoms with Gasteiger partial charge in [-0.2, -0.15) is 0 Å². The molecule has 2 rings (SSSR count). The van der Waals surface area contributed by atoms with E-state index >= 15 is 0 Å². The van der Waals surface area contributed by atoms with Gasteiger partial charge in [-0.15, -0.1) is 0 Å². The predicted molar refractivity (Wildman–Crippen MR) is 87.2 cm³/mol. The van der Waals surface area contributed by atoms with Gasteiger partial charge in [-0.05, 0) is 48.6 Å². The van der Waals surface area contributed by atoms with Gasteiger partial charge in [0.1, 0.15) is 0 Å². The van der Waals surface area contributed by atoms with Crippen molar-refractivity contribution in [3.63, 3.8) is 0 Å². The van der Waals surface area contributed by atoms with Crippen molar-refractivity contribution in [2.24, 2.45) is 5.73 Å². The number of aryl methyl sites for hydroxylation is 3. The average molecular weight is 282 g/mol. The first-order valence-corrected chi connectivity index (χ1v) is 7.24. The van der Waals surface area contributed by atoms with Crippen LogP contribution in [-0.2, 0) is 17.8 Å². The lowest BCUT2D eigenvalue weighted by Crippen LogP contribution is -2.14. The van der Waals surface area contributed by atoms with Gasteiger partial charge in [0.25, 0.3) is 0 Å². The monoisotopic (exact) mass is 282 g/mol. The first kappa shape index (κ1) is 15.3. The van der Waals surface area contributed by atoms with Crippen molar-refractivity contribution in [2.45, 2.75) is 33.2 Å². The number of hydrogen-bond acceptors (Lipinski definition) is 2. The molecular weight excluding hydrogens is 260 g/mol. The SMILES string of the molecule is Cc1ccccc1CCC(=O)Nc1cc(CN)ccc1C. The Morgan fingerprint density at radius 3 is 2.57 bits per heavy atom. The van der Waals surface area contributed by atoms with E-state index in [2.05, 4.69) is 24.4 Å². The zero-order valence-corrected chi connectivity index (χ0v) is 12.6. The fourth-order valence-corrected chi connectivity index (χ4v) is 2.28. The van der Waals surface area contributed by atoms with E-state index in [0.717, 1.165) is 23.2 Å². The Balaban J connectivity index is 1.97. The number of rotatable bonds is 5. The second-order valence-electron chi connectivity index (χ2n) is 5.33. The number of anilines is 1. The summed E-state index contributed by atoms with van der Waals surface area (Å²) >= 11 is 0. The zero-order valence-electron chi connectivity index (χ0n) is 12.6. The Hall–Kier alpha value is -2.13. The Morgan fingerprint density at radius 1 is 1.10 bits per heavy atom. The maximum absolute atomic E-state index is 12.1. The number of carbonyl (C=O) groups excluding carboxylic acids is 1. The summed E-state index contributed by atoms with van der Waals surface area (Å²) in [6, 6.07) is 14.1. The Kier molecular flexibility index (Phi) is 5.12. The van der Waals surface area contributed by atoms with Crippen LogP contribution in [0.25, 0.3) is 0 Å². The van der Waals surface area contributed by atoms with Crippen LogP contribution in [0, 0.1) is 13.8 Å². The molecule has 0 unspecified atom stereocenters. The standard InChI is InChI=1S/C18H22N2O/c1-13-5-3-4-6-16(13)9-10-18(21)20-17-11-15(12-19)8-7-14(17)2/h3-8,11H,9-10,12,19H2,1-2H3,(H,20,21). The summed E-state index contributed by atoms with van der Waals surface area (Å²) < 4.78 is 0. The number of nitrogens with one attached hydrogen (secondary N) is 1. The first-order valence-electron chi connectivity index (χ1n) is 7.24. The van der Waals surface area contributed by atoms with Crippen molar-refractivity contribution in [3.05, 3.63) is 64.7 Å². The van der Waals surface area contributed by atoms with Crippen molar-refractivity contribution in [2.75, 3.05) is 5.32 Å². The number of nitrogens with two attached hydrogens (primary N) is 1. The molecule has 0 aliphatic rings. The molecule has 0 saturated carbocycles. The van der Waals surface area contributed by atoms with Crippen LogP contribution < -0.4 is 11.1 Å². The number of amides is 1. The molecule has 0 fully saturated rings. The topological polar surface area (TPSA) is 55.1 Å². The van der Waals surface area contributed by atoms with Crippen LogP contribution in [0.15, 0.2) is 42.5 Å². The summed E-state index contributed by atoms with van der Waals surface area (Å²) in [4.78, 5) is 12.1. The Bertz CT molecular complexity index is 635. The molecular formula is C18H22N2O. The van der Waals surface area contributed by atoms with Gasteiger partial charge in [0.05, 0.1) is 0 Å². The minimum Gasteiger partial charge on any atom is -0.326 e. The van der Waals surface area contributed by atoms with E-state index in [1.807, 2.05) is 37.3 Å². The van der Waals surface area contributed by atoms with Gasteiger partial charge < -0.3 is 11.1 Å². The fraction of sp³-hybridized carbons (Fsp3) is 0.278. The minimum atomic E-state index is 0.0375. The number of hydrogen-bond donors (Lipinski definition) is 2. The molecule has 0 heterocycles. The summed E-state index contributed by atoms with van der Waals surface area (Å²) in [6.07, 6.45) is 1.24. The largest absolute Gasteiger partial charge is 0.326 e. The molecule has 3 N–H and O–H groups in total. The fourth-order valence-electron chi connectivity index (χ4n) is 2.28. The molecule has 0 atom stereocenters. The third kappa shape index (κ3) is 4.17. The first-order chi connectivity index (χ1) is 10.1. The van der Waals surface area contributed by atoms with E-state index < -0.39 is 0 Å². The molecule has 0 aliphatic heterocycles. The third-order valence-corrected chi connectivity index (χ3v) is 3.69. The van der Waals surface area contributed by atoms with Gasteiger partial charge in [-0.1, -0.05) is 36.4 Å². The molecule has 21 heavy (non-hydrogen) atoms. The summed E-state index contributed by atoms with van der Waals surface area (Å²) in [5.74, 6) is 0.0375. The van der Waals surface area contributed by atoms with Crippen LogP contribution in [0.4, 0.5) is 5.69 Å². The minimum absolute atomic E-state index is 0.0375. The van der Waals surface area contributed by atoms with Crippen LogP contribution in [0.1, 0.15) is 28.7 Å². The lowest BCUT2D eigenvalue weighted by Gasteiger charge is -2.10. The third-order valence-electron chi connectivity index (χ3n) is 3.69. The summed E-state index contributed by atoms with van der Waals surface area (Å²) in [5, 5.41) is 2.98. The summed E-state index contributed by atoms with van der Waals surface area (Å²) in [6.45, 7) is 4.53. The van der Waals surface area contributed by atoms with Crippen molar-refractivity contribution in [1.82, 2.24) is 0 Å². The molecule has 2 aromatic rings. The molecule has 0 radical (unpaired) electrons. The van der Waals surface area contributed by atoms with Crippen molar-refractivity contribution in [3.8, 4) is 0 Å². The van der Waals surface area contributed by atoms with E-state index in [1.54, 1.807) is 0 Å². The van der Waals surface area contributed by atoms with Gasteiger partial charge >= 0.3 is 0 Å². The molecule has 3 heteroatoms. The van der Waals surface area contributed by atoms with Gasteiger partial charge in [-0.25, -0.2) is 0 Å². The quantitative estimate of drug-likeness (QED) is 0.883. The summed E-state index contributed by atoms with van der Waals surface area (Å²) in [5.41, 5.74) is 11.0.